The summed E-state index contributed by atoms with van der Waals surface area (Å²) in [4.78, 5) is 4.30. The van der Waals surface area contributed by atoms with E-state index in [0.717, 1.165) is 15.2 Å². The second-order valence-corrected chi connectivity index (χ2v) is 3.32. The van der Waals surface area contributed by atoms with Gasteiger partial charge in [0.15, 0.2) is 0 Å². The zero-order valence-corrected chi connectivity index (χ0v) is 9.82. The van der Waals surface area contributed by atoms with E-state index in [-0.39, 0.29) is 32.7 Å². The van der Waals surface area contributed by atoms with E-state index in [0.29, 0.717) is 0 Å². The van der Waals surface area contributed by atoms with Gasteiger partial charge >= 0.3 is 0 Å². The first-order chi connectivity index (χ1) is 4.86. The van der Waals surface area contributed by atoms with Crippen LogP contribution in [0.5, 0.6) is 0 Å². The molecule has 0 saturated heterocycles. The third-order valence-corrected chi connectivity index (χ3v) is 2.24. The van der Waals surface area contributed by atoms with Crippen molar-refractivity contribution in [2.75, 3.05) is 0 Å². The van der Waals surface area contributed by atoms with Crippen LogP contribution in [-0.4, -0.2) is 4.98 Å². The van der Waals surface area contributed by atoms with Crippen LogP contribution in [0.1, 0.15) is 5.01 Å². The van der Waals surface area contributed by atoms with Gasteiger partial charge in [0, 0.05) is 32.7 Å². The third-order valence-electron chi connectivity index (χ3n) is 1.33. The van der Waals surface area contributed by atoms with Gasteiger partial charge < -0.3 is 4.98 Å². The largest absolute Gasteiger partial charge is 0.307 e. The Morgan fingerprint density at radius 3 is 3.09 bits per heavy atom. The molecular formula is C8H6NSY-. The van der Waals surface area contributed by atoms with Crippen LogP contribution < -0.4 is 0 Å². The van der Waals surface area contributed by atoms with E-state index in [1.165, 1.54) is 0 Å². The Bertz CT molecular complexity index is 323. The maximum absolute atomic E-state index is 4.30. The predicted molar refractivity (Wildman–Crippen MR) is 43.2 cm³/mol. The topological polar surface area (TPSA) is 12.9 Å². The van der Waals surface area contributed by atoms with Crippen LogP contribution in [0.4, 0.5) is 0 Å². The number of hydrogen-bond acceptors (Lipinski definition) is 2. The molecule has 11 heavy (non-hydrogen) atoms. The number of aryl methyl sites for hydroxylation is 1. The molecule has 0 spiro atoms. The van der Waals surface area contributed by atoms with Crippen molar-refractivity contribution in [1.82, 2.24) is 4.98 Å². The molecule has 0 aliphatic carbocycles. The van der Waals surface area contributed by atoms with Crippen molar-refractivity contribution in [2.45, 2.75) is 6.92 Å². The van der Waals surface area contributed by atoms with Crippen molar-refractivity contribution >= 4 is 21.6 Å². The number of aromatic nitrogens is 1. The summed E-state index contributed by atoms with van der Waals surface area (Å²) in [6, 6.07) is 9.01. The normalized spacial score (nSPS) is 9.55. The van der Waals surface area contributed by atoms with Crippen LogP contribution in [0, 0.1) is 13.0 Å². The number of benzene rings is 1. The Balaban J connectivity index is 0.000000605. The number of fused-ring (bicyclic) bond motifs is 1. The molecule has 0 atom stereocenters. The Hall–Kier alpha value is 0.214. The van der Waals surface area contributed by atoms with Crippen LogP contribution in [-0.2, 0) is 32.7 Å². The van der Waals surface area contributed by atoms with Crippen molar-refractivity contribution in [1.29, 1.82) is 0 Å². The van der Waals surface area contributed by atoms with Gasteiger partial charge in [0.2, 0.25) is 0 Å². The molecule has 0 amide bonds. The Morgan fingerprint density at radius 2 is 2.36 bits per heavy atom. The van der Waals surface area contributed by atoms with Crippen molar-refractivity contribution in [3.8, 4) is 0 Å². The van der Waals surface area contributed by atoms with Gasteiger partial charge in [-0.15, -0.1) is 17.4 Å². The summed E-state index contributed by atoms with van der Waals surface area (Å²) in [5.41, 5.74) is 1.06. The molecule has 1 radical (unpaired) electrons. The summed E-state index contributed by atoms with van der Waals surface area (Å²) in [5, 5.41) is 1.11. The number of hydrogen-bond donors (Lipinski definition) is 0. The van der Waals surface area contributed by atoms with E-state index in [2.05, 4.69) is 11.1 Å². The molecule has 0 aliphatic heterocycles. The molecule has 3 heteroatoms. The minimum Gasteiger partial charge on any atom is -0.307 e. The first-order valence-corrected chi connectivity index (χ1v) is 3.92. The summed E-state index contributed by atoms with van der Waals surface area (Å²) in [6.45, 7) is 2.01. The SMILES string of the molecule is Cc1nc2ccc[c-]c2s1.[Y]. The quantitative estimate of drug-likeness (QED) is 0.641. The van der Waals surface area contributed by atoms with Gasteiger partial charge in [0.05, 0.1) is 5.01 Å². The summed E-state index contributed by atoms with van der Waals surface area (Å²) >= 11 is 1.69. The number of thiazole rings is 1. The summed E-state index contributed by atoms with van der Waals surface area (Å²) in [6.07, 6.45) is 0. The summed E-state index contributed by atoms with van der Waals surface area (Å²) in [5.74, 6) is 0. The molecule has 2 aromatic rings. The molecule has 0 saturated carbocycles. The average molecular weight is 237 g/mol. The van der Waals surface area contributed by atoms with Gasteiger partial charge in [0.1, 0.15) is 0 Å². The summed E-state index contributed by atoms with van der Waals surface area (Å²) in [7, 11) is 0. The fraction of sp³-hybridized carbons (Fsp3) is 0.125. The van der Waals surface area contributed by atoms with Gasteiger partial charge in [-0.05, 0) is 12.4 Å². The van der Waals surface area contributed by atoms with Crippen LogP contribution in [0.3, 0.4) is 0 Å². The Kier molecular flexibility index (Phi) is 3.17. The van der Waals surface area contributed by atoms with Gasteiger partial charge in [-0.3, -0.25) is 0 Å². The van der Waals surface area contributed by atoms with Crippen molar-refractivity contribution in [3.63, 3.8) is 0 Å². The minimum absolute atomic E-state index is 0. The predicted octanol–water partition coefficient (Wildman–Crippen LogP) is 2.40. The maximum atomic E-state index is 4.30. The van der Waals surface area contributed by atoms with E-state index >= 15 is 0 Å². The van der Waals surface area contributed by atoms with Gasteiger partial charge in [-0.2, -0.15) is 18.2 Å². The zero-order valence-electron chi connectivity index (χ0n) is 6.16. The van der Waals surface area contributed by atoms with E-state index < -0.39 is 0 Å². The monoisotopic (exact) mass is 237 g/mol. The maximum Gasteiger partial charge on any atom is 0.0741 e. The fourth-order valence-electron chi connectivity index (χ4n) is 0.923. The average Bonchev–Trinajstić information content (AvgIpc) is 2.27. The molecule has 0 bridgehead atoms. The molecule has 0 fully saturated rings. The standard InChI is InChI=1S/C8H6NS.Y/c1-6-9-7-4-2-3-5-8(7)10-6;/h2-4H,1H3;/q-1;. The number of nitrogens with zero attached hydrogens (tertiary/aromatic N) is 1. The molecule has 1 aromatic heterocycles. The molecule has 0 aliphatic rings. The van der Waals surface area contributed by atoms with Crippen molar-refractivity contribution < 1.29 is 32.7 Å². The van der Waals surface area contributed by atoms with E-state index in [9.17, 15) is 0 Å². The van der Waals surface area contributed by atoms with Gasteiger partial charge in [0.25, 0.3) is 0 Å². The molecule has 1 aromatic carbocycles. The molecule has 0 N–H and O–H groups in total. The first-order valence-electron chi connectivity index (χ1n) is 3.10. The molecule has 2 rings (SSSR count). The zero-order chi connectivity index (χ0) is 6.97. The Morgan fingerprint density at radius 1 is 1.55 bits per heavy atom. The second kappa shape index (κ2) is 3.75. The molecule has 0 unspecified atom stereocenters. The van der Waals surface area contributed by atoms with Crippen molar-refractivity contribution in [3.05, 3.63) is 29.3 Å². The first kappa shape index (κ1) is 9.30. The minimum atomic E-state index is 0. The second-order valence-electron chi connectivity index (χ2n) is 2.12. The molecular weight excluding hydrogens is 231 g/mol. The van der Waals surface area contributed by atoms with Gasteiger partial charge in [-0.1, -0.05) is 4.70 Å². The summed E-state index contributed by atoms with van der Waals surface area (Å²) < 4.78 is 1.15. The van der Waals surface area contributed by atoms with E-state index in [4.69, 9.17) is 0 Å². The molecule has 53 valence electrons. The van der Waals surface area contributed by atoms with E-state index in [1.807, 2.05) is 25.1 Å². The van der Waals surface area contributed by atoms with E-state index in [1.54, 1.807) is 11.3 Å². The van der Waals surface area contributed by atoms with Crippen molar-refractivity contribution in [2.24, 2.45) is 0 Å². The number of rotatable bonds is 0. The molecule has 1 heterocycles. The van der Waals surface area contributed by atoms with Crippen LogP contribution in [0.2, 0.25) is 0 Å². The third kappa shape index (κ3) is 1.87. The van der Waals surface area contributed by atoms with Crippen LogP contribution >= 0.6 is 11.3 Å². The van der Waals surface area contributed by atoms with Crippen LogP contribution in [0.15, 0.2) is 18.2 Å². The molecule has 1 nitrogen and oxygen atoms in total. The fourth-order valence-corrected chi connectivity index (χ4v) is 1.71. The van der Waals surface area contributed by atoms with Gasteiger partial charge in [-0.25, -0.2) is 0 Å². The van der Waals surface area contributed by atoms with Crippen LogP contribution in [0.25, 0.3) is 10.2 Å². The smallest absolute Gasteiger partial charge is 0.0741 e. The Labute approximate surface area is 94.7 Å².